The number of nitrogens with one attached hydrogen (secondary N) is 2. The highest BCUT2D eigenvalue weighted by Gasteiger charge is 2.24. The molecule has 3 rings (SSSR count). The molecule has 1 unspecified atom stereocenters. The number of rotatable bonds is 6. The van der Waals surface area contributed by atoms with E-state index in [9.17, 15) is 14.0 Å². The molecule has 0 aliphatic carbocycles. The SMILES string of the molecule is CNC(CCn1cc2c(n1)CCN(C(=O)Nc1ccc(F)c(Cl)c1)C2)C(=O)O. The van der Waals surface area contributed by atoms with Crippen LogP contribution >= 0.6 is 11.6 Å². The number of carboxylic acid groups (broad SMARTS) is 1. The number of aromatic nitrogens is 2. The number of hydrogen-bond donors (Lipinski definition) is 3. The second-order valence-electron chi connectivity index (χ2n) is 6.56. The predicted octanol–water partition coefficient (Wildman–Crippen LogP) is 2.33. The van der Waals surface area contributed by atoms with Crippen LogP contribution in [0.2, 0.25) is 5.02 Å². The van der Waals surface area contributed by atoms with Gasteiger partial charge in [0.05, 0.1) is 17.3 Å². The second kappa shape index (κ2) is 8.57. The van der Waals surface area contributed by atoms with Gasteiger partial charge >= 0.3 is 12.0 Å². The summed E-state index contributed by atoms with van der Waals surface area (Å²) in [7, 11) is 1.61. The number of hydrogen-bond acceptors (Lipinski definition) is 4. The first-order chi connectivity index (χ1) is 13.4. The van der Waals surface area contributed by atoms with E-state index >= 15 is 0 Å². The molecule has 0 bridgehead atoms. The number of urea groups is 1. The van der Waals surface area contributed by atoms with Crippen molar-refractivity contribution in [3.8, 4) is 0 Å². The number of carbonyl (C=O) groups is 2. The average molecular weight is 410 g/mol. The molecule has 1 atom stereocenters. The van der Waals surface area contributed by atoms with Crippen molar-refractivity contribution in [1.82, 2.24) is 20.0 Å². The maximum absolute atomic E-state index is 13.2. The maximum Gasteiger partial charge on any atom is 0.322 e. The minimum Gasteiger partial charge on any atom is -0.480 e. The van der Waals surface area contributed by atoms with Crippen molar-refractivity contribution >= 4 is 29.3 Å². The standard InChI is InChI=1S/C18H21ClFN5O3/c1-21-16(17(26)27)5-7-25-10-11-9-24(6-4-15(11)23-25)18(28)22-12-2-3-14(20)13(19)8-12/h2-3,8,10,16,21H,4-7,9H2,1H3,(H,22,28)(H,26,27). The number of nitrogens with zero attached hydrogens (tertiary/aromatic N) is 3. The highest BCUT2D eigenvalue weighted by molar-refractivity contribution is 6.31. The van der Waals surface area contributed by atoms with Crippen molar-refractivity contribution in [3.05, 3.63) is 46.5 Å². The van der Waals surface area contributed by atoms with Crippen molar-refractivity contribution in [2.75, 3.05) is 18.9 Å². The third-order valence-electron chi connectivity index (χ3n) is 4.66. The summed E-state index contributed by atoms with van der Waals surface area (Å²) in [5.41, 5.74) is 2.25. The summed E-state index contributed by atoms with van der Waals surface area (Å²) in [4.78, 5) is 25.2. The lowest BCUT2D eigenvalue weighted by Gasteiger charge is -2.26. The first-order valence-corrected chi connectivity index (χ1v) is 9.21. The molecule has 1 aliphatic heterocycles. The van der Waals surface area contributed by atoms with Gasteiger partial charge in [0.2, 0.25) is 0 Å². The molecule has 0 saturated heterocycles. The molecule has 150 valence electrons. The van der Waals surface area contributed by atoms with Crippen LogP contribution < -0.4 is 10.6 Å². The van der Waals surface area contributed by atoms with Crippen LogP contribution in [-0.2, 0) is 24.3 Å². The third-order valence-corrected chi connectivity index (χ3v) is 4.95. The third kappa shape index (κ3) is 4.60. The lowest BCUT2D eigenvalue weighted by atomic mass is 10.1. The Morgan fingerprint density at radius 1 is 1.43 bits per heavy atom. The van der Waals surface area contributed by atoms with Gasteiger partial charge in [0.15, 0.2) is 0 Å². The fourth-order valence-corrected chi connectivity index (χ4v) is 3.27. The van der Waals surface area contributed by atoms with Crippen LogP contribution in [0.5, 0.6) is 0 Å². The second-order valence-corrected chi connectivity index (χ2v) is 6.97. The number of anilines is 1. The number of carbonyl (C=O) groups excluding carboxylic acids is 1. The van der Waals surface area contributed by atoms with E-state index in [0.29, 0.717) is 38.2 Å². The molecule has 1 aromatic heterocycles. The molecular formula is C18H21ClFN5O3. The Balaban J connectivity index is 1.60. The van der Waals surface area contributed by atoms with E-state index < -0.39 is 17.8 Å². The fourth-order valence-electron chi connectivity index (χ4n) is 3.09. The molecular weight excluding hydrogens is 389 g/mol. The zero-order chi connectivity index (χ0) is 20.3. The summed E-state index contributed by atoms with van der Waals surface area (Å²) in [5.74, 6) is -1.44. The highest BCUT2D eigenvalue weighted by Crippen LogP contribution is 2.22. The van der Waals surface area contributed by atoms with Gasteiger partial charge in [-0.05, 0) is 31.7 Å². The van der Waals surface area contributed by atoms with E-state index in [-0.39, 0.29) is 11.1 Å². The molecule has 28 heavy (non-hydrogen) atoms. The Labute approximate surface area is 166 Å². The van der Waals surface area contributed by atoms with Gasteiger partial charge in [0.25, 0.3) is 0 Å². The van der Waals surface area contributed by atoms with Crippen molar-refractivity contribution < 1.29 is 19.1 Å². The van der Waals surface area contributed by atoms with Gasteiger partial charge in [-0.25, -0.2) is 9.18 Å². The van der Waals surface area contributed by atoms with Gasteiger partial charge in [0, 0.05) is 37.0 Å². The molecule has 3 N–H and O–H groups in total. The number of halogens is 2. The molecule has 0 spiro atoms. The van der Waals surface area contributed by atoms with Gasteiger partial charge in [-0.3, -0.25) is 9.48 Å². The maximum atomic E-state index is 13.2. The Kier molecular flexibility index (Phi) is 6.15. The van der Waals surface area contributed by atoms with E-state index in [1.165, 1.54) is 18.2 Å². The van der Waals surface area contributed by atoms with Gasteiger partial charge < -0.3 is 20.6 Å². The Bertz CT molecular complexity index is 888. The van der Waals surface area contributed by atoms with Crippen molar-refractivity contribution in [2.45, 2.75) is 32.0 Å². The fraction of sp³-hybridized carbons (Fsp3) is 0.389. The number of amides is 2. The summed E-state index contributed by atoms with van der Waals surface area (Å²) >= 11 is 5.74. The first-order valence-electron chi connectivity index (χ1n) is 8.83. The zero-order valence-corrected chi connectivity index (χ0v) is 16.0. The molecule has 0 radical (unpaired) electrons. The number of aryl methyl sites for hydroxylation is 1. The van der Waals surface area contributed by atoms with Crippen LogP contribution in [0.3, 0.4) is 0 Å². The van der Waals surface area contributed by atoms with Crippen molar-refractivity contribution in [2.24, 2.45) is 0 Å². The zero-order valence-electron chi connectivity index (χ0n) is 15.3. The topological polar surface area (TPSA) is 99.5 Å². The average Bonchev–Trinajstić information content (AvgIpc) is 3.07. The van der Waals surface area contributed by atoms with Crippen LogP contribution in [0.4, 0.5) is 14.9 Å². The smallest absolute Gasteiger partial charge is 0.322 e. The molecule has 2 amide bonds. The summed E-state index contributed by atoms with van der Waals surface area (Å²) in [6, 6.07) is 3.08. The molecule has 1 aliphatic rings. The molecule has 10 heteroatoms. The van der Waals surface area contributed by atoms with Gasteiger partial charge in [-0.15, -0.1) is 0 Å². The summed E-state index contributed by atoms with van der Waals surface area (Å²) in [6.07, 6.45) is 2.86. The van der Waals surface area contributed by atoms with Gasteiger partial charge in [0.1, 0.15) is 11.9 Å². The number of carboxylic acids is 1. The normalized spacial score (nSPS) is 14.5. The minimum absolute atomic E-state index is 0.0544. The number of aliphatic carboxylic acids is 1. The van der Waals surface area contributed by atoms with Crippen LogP contribution in [0, 0.1) is 5.82 Å². The van der Waals surface area contributed by atoms with E-state index in [0.717, 1.165) is 11.3 Å². The minimum atomic E-state index is -0.900. The van der Waals surface area contributed by atoms with Crippen LogP contribution in [0.1, 0.15) is 17.7 Å². The summed E-state index contributed by atoms with van der Waals surface area (Å²) < 4.78 is 15.0. The highest BCUT2D eigenvalue weighted by atomic mass is 35.5. The Morgan fingerprint density at radius 3 is 2.89 bits per heavy atom. The molecule has 8 nitrogen and oxygen atoms in total. The summed E-state index contributed by atoms with van der Waals surface area (Å²) in [5, 5.41) is 19.0. The van der Waals surface area contributed by atoms with Crippen LogP contribution in [0.15, 0.2) is 24.4 Å². The van der Waals surface area contributed by atoms with E-state index in [1.807, 2.05) is 6.20 Å². The van der Waals surface area contributed by atoms with Gasteiger partial charge in [-0.2, -0.15) is 5.10 Å². The summed E-state index contributed by atoms with van der Waals surface area (Å²) in [6.45, 7) is 1.36. The first kappa shape index (κ1) is 20.1. The monoisotopic (exact) mass is 409 g/mol. The largest absolute Gasteiger partial charge is 0.480 e. The van der Waals surface area contributed by atoms with Crippen molar-refractivity contribution in [1.29, 1.82) is 0 Å². The molecule has 0 saturated carbocycles. The van der Waals surface area contributed by atoms with E-state index in [2.05, 4.69) is 15.7 Å². The van der Waals surface area contributed by atoms with E-state index in [1.54, 1.807) is 16.6 Å². The Morgan fingerprint density at radius 2 is 2.21 bits per heavy atom. The number of likely N-dealkylation sites (N-methyl/N-ethyl adjacent to an activating group) is 1. The number of fused-ring (bicyclic) bond motifs is 1. The van der Waals surface area contributed by atoms with Crippen LogP contribution in [0.25, 0.3) is 0 Å². The van der Waals surface area contributed by atoms with Crippen molar-refractivity contribution in [3.63, 3.8) is 0 Å². The lowest BCUT2D eigenvalue weighted by Crippen LogP contribution is -2.38. The van der Waals surface area contributed by atoms with Crippen LogP contribution in [-0.4, -0.2) is 51.4 Å². The van der Waals surface area contributed by atoms with E-state index in [4.69, 9.17) is 16.7 Å². The molecule has 2 aromatic rings. The predicted molar refractivity (Wildman–Crippen MR) is 102 cm³/mol. The number of benzene rings is 1. The Hall–Kier alpha value is -2.65. The molecule has 2 heterocycles. The molecule has 0 fully saturated rings. The molecule has 1 aromatic carbocycles. The lowest BCUT2D eigenvalue weighted by molar-refractivity contribution is -0.139. The quantitative estimate of drug-likeness (QED) is 0.680. The van der Waals surface area contributed by atoms with Gasteiger partial charge in [-0.1, -0.05) is 11.6 Å².